The molecule has 0 spiro atoms. The Bertz CT molecular complexity index is 645. The van der Waals surface area contributed by atoms with E-state index in [1.54, 1.807) is 24.5 Å². The summed E-state index contributed by atoms with van der Waals surface area (Å²) in [6.07, 6.45) is 5.19. The molecule has 0 aliphatic carbocycles. The average molecular weight is 211 g/mol. The Balaban J connectivity index is 2.34. The molecule has 0 saturated heterocycles. The van der Waals surface area contributed by atoms with Crippen LogP contribution < -0.4 is 0 Å². The molecule has 78 valence electrons. The second-order valence-corrected chi connectivity index (χ2v) is 3.44. The molecule has 3 rings (SSSR count). The van der Waals surface area contributed by atoms with Crippen molar-refractivity contribution in [3.8, 4) is 17.0 Å². The quantitative estimate of drug-likeness (QED) is 0.670. The van der Waals surface area contributed by atoms with Crippen LogP contribution in [0.5, 0.6) is 5.75 Å². The number of nitrogens with zero attached hydrogens (tertiary/aromatic N) is 3. The number of phenolic OH excluding ortho intramolecular Hbond substituents is 1. The fraction of sp³-hybridized carbons (Fsp3) is 0. The van der Waals surface area contributed by atoms with Gasteiger partial charge >= 0.3 is 0 Å². The second-order valence-electron chi connectivity index (χ2n) is 3.44. The van der Waals surface area contributed by atoms with Gasteiger partial charge in [-0.3, -0.25) is 4.40 Å². The number of rotatable bonds is 1. The minimum absolute atomic E-state index is 0.253. The SMILES string of the molecule is Oc1ccccc1-c1ccnc2nccn12. The van der Waals surface area contributed by atoms with E-state index in [-0.39, 0.29) is 5.75 Å². The predicted octanol–water partition coefficient (Wildman–Crippen LogP) is 2.10. The summed E-state index contributed by atoms with van der Waals surface area (Å²) in [6, 6.07) is 9.07. The summed E-state index contributed by atoms with van der Waals surface area (Å²) in [4.78, 5) is 8.23. The minimum Gasteiger partial charge on any atom is -0.507 e. The molecular formula is C12H9N3O. The molecule has 16 heavy (non-hydrogen) atoms. The van der Waals surface area contributed by atoms with Crippen LogP contribution in [0, 0.1) is 0 Å². The highest BCUT2D eigenvalue weighted by atomic mass is 16.3. The Hall–Kier alpha value is -2.36. The van der Waals surface area contributed by atoms with Crippen molar-refractivity contribution < 1.29 is 5.11 Å². The fourth-order valence-electron chi connectivity index (χ4n) is 1.74. The molecule has 3 aromatic rings. The third-order valence-corrected chi connectivity index (χ3v) is 2.48. The molecule has 0 aliphatic rings. The van der Waals surface area contributed by atoms with Crippen LogP contribution in [-0.4, -0.2) is 19.5 Å². The lowest BCUT2D eigenvalue weighted by Gasteiger charge is -2.06. The first kappa shape index (κ1) is 8.91. The van der Waals surface area contributed by atoms with Crippen LogP contribution in [0.15, 0.2) is 48.9 Å². The highest BCUT2D eigenvalue weighted by molar-refractivity contribution is 5.68. The van der Waals surface area contributed by atoms with Gasteiger partial charge in [0.05, 0.1) is 5.69 Å². The van der Waals surface area contributed by atoms with E-state index in [0.717, 1.165) is 11.3 Å². The number of hydrogen-bond acceptors (Lipinski definition) is 3. The van der Waals surface area contributed by atoms with Gasteiger partial charge in [0.15, 0.2) is 0 Å². The van der Waals surface area contributed by atoms with Crippen molar-refractivity contribution in [1.29, 1.82) is 0 Å². The number of phenols is 1. The Morgan fingerprint density at radius 2 is 1.81 bits per heavy atom. The molecule has 0 radical (unpaired) electrons. The van der Waals surface area contributed by atoms with Gasteiger partial charge in [0.1, 0.15) is 5.75 Å². The molecule has 4 heteroatoms. The molecule has 0 fully saturated rings. The fourth-order valence-corrected chi connectivity index (χ4v) is 1.74. The first-order chi connectivity index (χ1) is 7.86. The number of hydrogen-bond donors (Lipinski definition) is 1. The van der Waals surface area contributed by atoms with E-state index in [2.05, 4.69) is 9.97 Å². The first-order valence-electron chi connectivity index (χ1n) is 4.93. The van der Waals surface area contributed by atoms with Crippen molar-refractivity contribution in [2.75, 3.05) is 0 Å². The van der Waals surface area contributed by atoms with Crippen LogP contribution >= 0.6 is 0 Å². The summed E-state index contributed by atoms with van der Waals surface area (Å²) in [6.45, 7) is 0. The van der Waals surface area contributed by atoms with Gasteiger partial charge in [0.2, 0.25) is 5.78 Å². The summed E-state index contributed by atoms with van der Waals surface area (Å²) in [5.41, 5.74) is 1.65. The smallest absolute Gasteiger partial charge is 0.234 e. The van der Waals surface area contributed by atoms with Crippen LogP contribution in [0.2, 0.25) is 0 Å². The molecule has 1 N–H and O–H groups in total. The van der Waals surface area contributed by atoms with Crippen LogP contribution in [0.1, 0.15) is 0 Å². The van der Waals surface area contributed by atoms with Crippen molar-refractivity contribution in [1.82, 2.24) is 14.4 Å². The molecule has 2 heterocycles. The second kappa shape index (κ2) is 3.34. The number of benzene rings is 1. The Morgan fingerprint density at radius 1 is 1.00 bits per heavy atom. The molecule has 0 aliphatic heterocycles. The van der Waals surface area contributed by atoms with E-state index in [0.29, 0.717) is 5.78 Å². The molecule has 0 saturated carbocycles. The predicted molar refractivity (Wildman–Crippen MR) is 60.1 cm³/mol. The van der Waals surface area contributed by atoms with E-state index in [4.69, 9.17) is 0 Å². The molecule has 0 unspecified atom stereocenters. The van der Waals surface area contributed by atoms with E-state index >= 15 is 0 Å². The van der Waals surface area contributed by atoms with E-state index in [1.165, 1.54) is 0 Å². The molecule has 0 atom stereocenters. The monoisotopic (exact) mass is 211 g/mol. The molecule has 2 aromatic heterocycles. The normalized spacial score (nSPS) is 10.8. The Kier molecular flexibility index (Phi) is 1.86. The van der Waals surface area contributed by atoms with Crippen molar-refractivity contribution in [2.24, 2.45) is 0 Å². The van der Waals surface area contributed by atoms with Crippen molar-refractivity contribution >= 4 is 5.78 Å². The van der Waals surface area contributed by atoms with Crippen molar-refractivity contribution in [3.05, 3.63) is 48.9 Å². The zero-order valence-corrected chi connectivity index (χ0v) is 8.41. The van der Waals surface area contributed by atoms with Gasteiger partial charge in [-0.25, -0.2) is 9.97 Å². The third kappa shape index (κ3) is 1.24. The largest absolute Gasteiger partial charge is 0.507 e. The number of aromatic nitrogens is 3. The van der Waals surface area contributed by atoms with Crippen LogP contribution in [0.25, 0.3) is 17.0 Å². The van der Waals surface area contributed by atoms with Crippen LogP contribution in [0.3, 0.4) is 0 Å². The standard InChI is InChI=1S/C12H9N3O/c16-11-4-2-1-3-9(11)10-5-6-13-12-14-7-8-15(10)12/h1-8,16H. The highest BCUT2D eigenvalue weighted by Gasteiger charge is 2.07. The van der Waals surface area contributed by atoms with Gasteiger partial charge in [-0.2, -0.15) is 0 Å². The lowest BCUT2D eigenvalue weighted by molar-refractivity contribution is 0.477. The summed E-state index contributed by atoms with van der Waals surface area (Å²) >= 11 is 0. The van der Waals surface area contributed by atoms with Gasteiger partial charge in [-0.05, 0) is 18.2 Å². The number of aromatic hydroxyl groups is 1. The number of imidazole rings is 1. The Labute approximate surface area is 91.8 Å². The van der Waals surface area contributed by atoms with Gasteiger partial charge < -0.3 is 5.11 Å². The van der Waals surface area contributed by atoms with E-state index in [1.807, 2.05) is 28.8 Å². The zero-order valence-electron chi connectivity index (χ0n) is 8.41. The van der Waals surface area contributed by atoms with Gasteiger partial charge in [0, 0.05) is 24.2 Å². The lowest BCUT2D eigenvalue weighted by Crippen LogP contribution is -1.92. The highest BCUT2D eigenvalue weighted by Crippen LogP contribution is 2.28. The average Bonchev–Trinajstić information content (AvgIpc) is 2.77. The molecular weight excluding hydrogens is 202 g/mol. The van der Waals surface area contributed by atoms with Gasteiger partial charge in [-0.15, -0.1) is 0 Å². The van der Waals surface area contributed by atoms with Crippen LogP contribution in [-0.2, 0) is 0 Å². The number of para-hydroxylation sites is 1. The maximum atomic E-state index is 9.81. The molecule has 1 aromatic carbocycles. The first-order valence-corrected chi connectivity index (χ1v) is 4.93. The maximum Gasteiger partial charge on any atom is 0.234 e. The van der Waals surface area contributed by atoms with Gasteiger partial charge in [-0.1, -0.05) is 12.1 Å². The van der Waals surface area contributed by atoms with E-state index < -0.39 is 0 Å². The van der Waals surface area contributed by atoms with Crippen molar-refractivity contribution in [2.45, 2.75) is 0 Å². The zero-order chi connectivity index (χ0) is 11.0. The van der Waals surface area contributed by atoms with Crippen LogP contribution in [0.4, 0.5) is 0 Å². The number of fused-ring (bicyclic) bond motifs is 1. The molecule has 0 amide bonds. The summed E-state index contributed by atoms with van der Waals surface area (Å²) in [5, 5.41) is 9.81. The van der Waals surface area contributed by atoms with E-state index in [9.17, 15) is 5.11 Å². The topological polar surface area (TPSA) is 50.4 Å². The summed E-state index contributed by atoms with van der Waals surface area (Å²) in [5.74, 6) is 0.879. The molecule has 0 bridgehead atoms. The maximum absolute atomic E-state index is 9.81. The van der Waals surface area contributed by atoms with Crippen molar-refractivity contribution in [3.63, 3.8) is 0 Å². The minimum atomic E-state index is 0.253. The summed E-state index contributed by atoms with van der Waals surface area (Å²) in [7, 11) is 0. The third-order valence-electron chi connectivity index (χ3n) is 2.48. The summed E-state index contributed by atoms with van der Waals surface area (Å²) < 4.78 is 1.84. The lowest BCUT2D eigenvalue weighted by atomic mass is 10.1. The molecule has 4 nitrogen and oxygen atoms in total. The Morgan fingerprint density at radius 3 is 2.69 bits per heavy atom. The van der Waals surface area contributed by atoms with Gasteiger partial charge in [0.25, 0.3) is 0 Å².